The maximum Gasteiger partial charge on any atom is 0.120 e. The fraction of sp³-hybridized carbons (Fsp3) is 0.571. The number of nitrogens with one attached hydrogen (secondary N) is 1. The van der Waals surface area contributed by atoms with Gasteiger partial charge in [0.15, 0.2) is 0 Å². The molecule has 0 radical (unpaired) electrons. The number of ether oxygens (including phenoxy) is 1. The molecule has 0 aliphatic heterocycles. The van der Waals surface area contributed by atoms with Gasteiger partial charge in [-0.1, -0.05) is 12.5 Å². The summed E-state index contributed by atoms with van der Waals surface area (Å²) in [7, 11) is 2.70. The van der Waals surface area contributed by atoms with Crippen LogP contribution in [0, 0.1) is 0 Å². The van der Waals surface area contributed by atoms with Crippen LogP contribution in [-0.4, -0.2) is 29.7 Å². The molecule has 1 fully saturated rings. The monoisotopic (exact) mass is 267 g/mol. The first-order valence-electron chi connectivity index (χ1n) is 6.46. The Morgan fingerprint density at radius 2 is 2.22 bits per heavy atom. The summed E-state index contributed by atoms with van der Waals surface area (Å²) in [6, 6.07) is 8.13. The van der Waals surface area contributed by atoms with Gasteiger partial charge >= 0.3 is 0 Å². The van der Waals surface area contributed by atoms with Gasteiger partial charge in [-0.2, -0.15) is 0 Å². The van der Waals surface area contributed by atoms with Crippen molar-refractivity contribution in [3.63, 3.8) is 0 Å². The van der Waals surface area contributed by atoms with E-state index in [1.54, 1.807) is 7.11 Å². The lowest BCUT2D eigenvalue weighted by molar-refractivity contribution is 0.397. The lowest BCUT2D eigenvalue weighted by atomic mass is 9.95. The SMILES string of the molecule is CNC1CCCC(S(=O)c2cccc(OC)c2)C1. The normalized spacial score (nSPS) is 25.7. The summed E-state index contributed by atoms with van der Waals surface area (Å²) in [4.78, 5) is 0.885. The van der Waals surface area contributed by atoms with E-state index in [2.05, 4.69) is 5.32 Å². The largest absolute Gasteiger partial charge is 0.497 e. The third-order valence-electron chi connectivity index (χ3n) is 3.61. The van der Waals surface area contributed by atoms with E-state index in [-0.39, 0.29) is 5.25 Å². The van der Waals surface area contributed by atoms with Crippen LogP contribution in [0.5, 0.6) is 5.75 Å². The molecule has 1 aromatic carbocycles. The fourth-order valence-electron chi connectivity index (χ4n) is 2.52. The molecule has 1 N–H and O–H groups in total. The third-order valence-corrected chi connectivity index (χ3v) is 5.36. The fourth-order valence-corrected chi connectivity index (χ4v) is 4.14. The summed E-state index contributed by atoms with van der Waals surface area (Å²) < 4.78 is 17.7. The van der Waals surface area contributed by atoms with Gasteiger partial charge in [-0.25, -0.2) is 0 Å². The highest BCUT2D eigenvalue weighted by molar-refractivity contribution is 7.85. The van der Waals surface area contributed by atoms with Crippen LogP contribution in [0.15, 0.2) is 29.2 Å². The first-order chi connectivity index (χ1) is 8.74. The van der Waals surface area contributed by atoms with Gasteiger partial charge in [-0.15, -0.1) is 0 Å². The van der Waals surface area contributed by atoms with Gasteiger partial charge in [0.25, 0.3) is 0 Å². The van der Waals surface area contributed by atoms with Crippen LogP contribution in [0.2, 0.25) is 0 Å². The Morgan fingerprint density at radius 3 is 2.94 bits per heavy atom. The molecule has 0 spiro atoms. The molecule has 0 heterocycles. The summed E-state index contributed by atoms with van der Waals surface area (Å²) in [6.07, 6.45) is 4.41. The minimum Gasteiger partial charge on any atom is -0.497 e. The molecular formula is C14H21NO2S. The Hall–Kier alpha value is -0.870. The van der Waals surface area contributed by atoms with E-state index in [1.807, 2.05) is 31.3 Å². The molecule has 100 valence electrons. The molecule has 3 nitrogen and oxygen atoms in total. The van der Waals surface area contributed by atoms with Gasteiger partial charge < -0.3 is 10.1 Å². The lowest BCUT2D eigenvalue weighted by Crippen LogP contribution is -2.35. The maximum atomic E-state index is 12.6. The summed E-state index contributed by atoms with van der Waals surface area (Å²) in [5.41, 5.74) is 0. The minimum atomic E-state index is -0.924. The zero-order valence-corrected chi connectivity index (χ0v) is 11.8. The Morgan fingerprint density at radius 1 is 1.39 bits per heavy atom. The average Bonchev–Trinajstić information content (AvgIpc) is 2.46. The van der Waals surface area contributed by atoms with Crippen molar-refractivity contribution in [2.75, 3.05) is 14.2 Å². The molecule has 2 rings (SSSR count). The van der Waals surface area contributed by atoms with Crippen LogP contribution in [-0.2, 0) is 10.8 Å². The van der Waals surface area contributed by atoms with E-state index in [4.69, 9.17) is 4.74 Å². The zero-order chi connectivity index (χ0) is 13.0. The minimum absolute atomic E-state index is 0.267. The average molecular weight is 267 g/mol. The molecule has 0 amide bonds. The van der Waals surface area contributed by atoms with Crippen molar-refractivity contribution in [1.82, 2.24) is 5.32 Å². The Bertz CT molecular complexity index is 422. The van der Waals surface area contributed by atoms with Gasteiger partial charge in [0, 0.05) is 16.2 Å². The highest BCUT2D eigenvalue weighted by atomic mass is 32.2. The van der Waals surface area contributed by atoms with E-state index >= 15 is 0 Å². The predicted octanol–water partition coefficient (Wildman–Crippen LogP) is 2.33. The topological polar surface area (TPSA) is 38.3 Å². The maximum absolute atomic E-state index is 12.6. The lowest BCUT2D eigenvalue weighted by Gasteiger charge is -2.28. The van der Waals surface area contributed by atoms with Crippen molar-refractivity contribution in [2.24, 2.45) is 0 Å². The number of methoxy groups -OCH3 is 1. The Balaban J connectivity index is 2.10. The second kappa shape index (κ2) is 6.34. The molecule has 3 atom stereocenters. The summed E-state index contributed by atoms with van der Waals surface area (Å²) in [6.45, 7) is 0. The van der Waals surface area contributed by atoms with Crippen molar-refractivity contribution >= 4 is 10.8 Å². The third kappa shape index (κ3) is 3.12. The first-order valence-corrected chi connectivity index (χ1v) is 7.67. The van der Waals surface area contributed by atoms with Crippen LogP contribution in [0.3, 0.4) is 0 Å². The quantitative estimate of drug-likeness (QED) is 0.910. The molecule has 1 aromatic rings. The van der Waals surface area contributed by atoms with Crippen LogP contribution >= 0.6 is 0 Å². The van der Waals surface area contributed by atoms with Gasteiger partial charge in [0.1, 0.15) is 5.75 Å². The van der Waals surface area contributed by atoms with E-state index in [1.165, 1.54) is 6.42 Å². The molecule has 0 saturated heterocycles. The van der Waals surface area contributed by atoms with Crippen molar-refractivity contribution in [3.05, 3.63) is 24.3 Å². The second-order valence-corrected chi connectivity index (χ2v) is 6.48. The zero-order valence-electron chi connectivity index (χ0n) is 11.0. The molecule has 0 aromatic heterocycles. The Kier molecular flexibility index (Phi) is 4.78. The van der Waals surface area contributed by atoms with E-state index in [0.29, 0.717) is 6.04 Å². The predicted molar refractivity (Wildman–Crippen MR) is 74.5 cm³/mol. The number of hydrogen-bond donors (Lipinski definition) is 1. The molecule has 0 bridgehead atoms. The number of benzene rings is 1. The molecule has 3 unspecified atom stereocenters. The van der Waals surface area contributed by atoms with E-state index < -0.39 is 10.8 Å². The van der Waals surface area contributed by atoms with Gasteiger partial charge in [0.2, 0.25) is 0 Å². The van der Waals surface area contributed by atoms with Crippen molar-refractivity contribution in [1.29, 1.82) is 0 Å². The molecule has 18 heavy (non-hydrogen) atoms. The van der Waals surface area contributed by atoms with Crippen LogP contribution in [0.4, 0.5) is 0 Å². The van der Waals surface area contributed by atoms with Gasteiger partial charge in [-0.3, -0.25) is 4.21 Å². The molecule has 1 aliphatic rings. The first kappa shape index (κ1) is 13.6. The van der Waals surface area contributed by atoms with Crippen LogP contribution < -0.4 is 10.1 Å². The highest BCUT2D eigenvalue weighted by Gasteiger charge is 2.26. The van der Waals surface area contributed by atoms with Crippen LogP contribution in [0.25, 0.3) is 0 Å². The number of hydrogen-bond acceptors (Lipinski definition) is 3. The Labute approximate surface area is 111 Å². The highest BCUT2D eigenvalue weighted by Crippen LogP contribution is 2.27. The second-order valence-electron chi connectivity index (χ2n) is 4.75. The van der Waals surface area contributed by atoms with E-state index in [0.717, 1.165) is 29.9 Å². The standard InChI is InChI=1S/C14H21NO2S/c1-15-11-5-3-7-13(9-11)18(16)14-8-4-6-12(10-14)17-2/h4,6,8,10-11,13,15H,3,5,7,9H2,1-2H3. The molecular weight excluding hydrogens is 246 g/mol. The van der Waals surface area contributed by atoms with Crippen molar-refractivity contribution in [3.8, 4) is 5.75 Å². The summed E-state index contributed by atoms with van der Waals surface area (Å²) in [5.74, 6) is 0.779. The van der Waals surface area contributed by atoms with Gasteiger partial charge in [0.05, 0.1) is 17.9 Å². The van der Waals surface area contributed by atoms with Crippen LogP contribution in [0.1, 0.15) is 25.7 Å². The van der Waals surface area contributed by atoms with Gasteiger partial charge in [-0.05, 0) is 44.5 Å². The molecule has 1 aliphatic carbocycles. The van der Waals surface area contributed by atoms with Crippen molar-refractivity contribution < 1.29 is 8.95 Å². The summed E-state index contributed by atoms with van der Waals surface area (Å²) >= 11 is 0. The number of rotatable bonds is 4. The molecule has 4 heteroatoms. The summed E-state index contributed by atoms with van der Waals surface area (Å²) in [5, 5.41) is 3.57. The smallest absolute Gasteiger partial charge is 0.120 e. The van der Waals surface area contributed by atoms with Crippen molar-refractivity contribution in [2.45, 2.75) is 41.9 Å². The molecule has 1 saturated carbocycles. The van der Waals surface area contributed by atoms with E-state index in [9.17, 15) is 4.21 Å².